The maximum atomic E-state index is 14.3. The largest absolute Gasteiger partial charge is 0.465 e. The van der Waals surface area contributed by atoms with Crippen LogP contribution in [-0.4, -0.2) is 56.3 Å². The normalized spacial score (nSPS) is 22.3. The van der Waals surface area contributed by atoms with Crippen LogP contribution in [0.15, 0.2) is 34.9 Å². The van der Waals surface area contributed by atoms with Gasteiger partial charge in [-0.2, -0.15) is 0 Å². The van der Waals surface area contributed by atoms with E-state index in [1.807, 2.05) is 4.90 Å². The quantitative estimate of drug-likeness (QED) is 0.396. The summed E-state index contributed by atoms with van der Waals surface area (Å²) in [4.78, 5) is 31.4. The number of piperidine rings is 1. The van der Waals surface area contributed by atoms with Crippen LogP contribution >= 0.6 is 15.9 Å². The minimum absolute atomic E-state index is 0.0287. The molecule has 2 saturated heterocycles. The number of esters is 1. The Balaban J connectivity index is 1.23. The van der Waals surface area contributed by atoms with E-state index in [1.54, 1.807) is 24.3 Å². The number of hydrogen-bond donors (Lipinski definition) is 2. The Bertz CT molecular complexity index is 1130. The summed E-state index contributed by atoms with van der Waals surface area (Å²) in [5.41, 5.74) is 1.65. The number of carbonyl (C=O) groups is 2. The van der Waals surface area contributed by atoms with E-state index < -0.39 is 5.97 Å². The SMILES string of the molecule is COC(=O)c1ccc(NC(=O)C2CC23CCN(c2nc(Br)ccc2F)CC3)c(NC[C@@H]2CCO2)c1. The van der Waals surface area contributed by atoms with Crippen molar-refractivity contribution in [2.45, 2.75) is 31.8 Å². The van der Waals surface area contributed by atoms with Gasteiger partial charge in [0.1, 0.15) is 4.60 Å². The number of hydrogen-bond acceptors (Lipinski definition) is 7. The Morgan fingerprint density at radius 1 is 1.26 bits per heavy atom. The van der Waals surface area contributed by atoms with E-state index in [2.05, 4.69) is 31.5 Å². The van der Waals surface area contributed by atoms with E-state index in [-0.39, 0.29) is 29.2 Å². The number of aromatic nitrogens is 1. The monoisotopic (exact) mass is 546 g/mol. The number of nitrogens with one attached hydrogen (secondary N) is 2. The van der Waals surface area contributed by atoms with E-state index in [9.17, 15) is 14.0 Å². The van der Waals surface area contributed by atoms with Crippen LogP contribution in [0.1, 0.15) is 36.0 Å². The van der Waals surface area contributed by atoms with Crippen molar-refractivity contribution < 1.29 is 23.5 Å². The summed E-state index contributed by atoms with van der Waals surface area (Å²) in [7, 11) is 1.34. The van der Waals surface area contributed by atoms with Gasteiger partial charge in [-0.25, -0.2) is 14.2 Å². The van der Waals surface area contributed by atoms with E-state index in [4.69, 9.17) is 9.47 Å². The molecule has 186 valence electrons. The Labute approximate surface area is 211 Å². The van der Waals surface area contributed by atoms with Crippen LogP contribution in [-0.2, 0) is 14.3 Å². The zero-order valence-electron chi connectivity index (χ0n) is 19.5. The number of carbonyl (C=O) groups excluding carboxylic acids is 2. The van der Waals surface area contributed by atoms with Crippen LogP contribution in [0.4, 0.5) is 21.6 Å². The van der Waals surface area contributed by atoms with Gasteiger partial charge in [-0.15, -0.1) is 0 Å². The minimum atomic E-state index is -0.435. The zero-order chi connectivity index (χ0) is 24.6. The molecule has 2 N–H and O–H groups in total. The number of benzene rings is 1. The number of ether oxygens (including phenoxy) is 2. The second kappa shape index (κ2) is 9.73. The second-order valence-electron chi connectivity index (χ2n) is 9.45. The lowest BCUT2D eigenvalue weighted by Crippen LogP contribution is -2.37. The smallest absolute Gasteiger partial charge is 0.337 e. The highest BCUT2D eigenvalue weighted by molar-refractivity contribution is 9.10. The summed E-state index contributed by atoms with van der Waals surface area (Å²) in [6, 6.07) is 8.07. The number of rotatable bonds is 7. The first-order valence-corrected chi connectivity index (χ1v) is 12.6. The Morgan fingerprint density at radius 2 is 2.03 bits per heavy atom. The third kappa shape index (κ3) is 4.99. The predicted molar refractivity (Wildman–Crippen MR) is 133 cm³/mol. The van der Waals surface area contributed by atoms with Gasteiger partial charge in [0.05, 0.1) is 30.2 Å². The van der Waals surface area contributed by atoms with Crippen molar-refractivity contribution in [3.8, 4) is 0 Å². The highest BCUT2D eigenvalue weighted by Crippen LogP contribution is 2.60. The fourth-order valence-corrected chi connectivity index (χ4v) is 5.30. The van der Waals surface area contributed by atoms with Crippen LogP contribution < -0.4 is 15.5 Å². The molecule has 2 aromatic rings. The molecular weight excluding hydrogens is 519 g/mol. The maximum Gasteiger partial charge on any atom is 0.337 e. The summed E-state index contributed by atoms with van der Waals surface area (Å²) in [5, 5.41) is 6.36. The molecule has 35 heavy (non-hydrogen) atoms. The van der Waals surface area contributed by atoms with Gasteiger partial charge in [-0.05, 0) is 77.4 Å². The van der Waals surface area contributed by atoms with Crippen LogP contribution in [0.3, 0.4) is 0 Å². The van der Waals surface area contributed by atoms with Gasteiger partial charge in [0.25, 0.3) is 0 Å². The van der Waals surface area contributed by atoms with Crippen molar-refractivity contribution >= 4 is 45.0 Å². The average molecular weight is 547 g/mol. The summed E-state index contributed by atoms with van der Waals surface area (Å²) < 4.78 is 25.2. The molecule has 1 unspecified atom stereocenters. The first kappa shape index (κ1) is 24.0. The third-order valence-electron chi connectivity index (χ3n) is 7.37. The van der Waals surface area contributed by atoms with Crippen molar-refractivity contribution in [3.05, 3.63) is 46.3 Å². The molecule has 10 heteroatoms. The molecule has 3 fully saturated rings. The standard InChI is InChI=1S/C25H28BrFN4O4/c1-34-24(33)15-2-4-19(20(12-15)28-14-16-6-11-35-16)29-23(32)17-13-25(17)7-9-31(10-8-25)22-18(27)3-5-21(26)30-22/h2-5,12,16-17,28H,6-11,13-14H2,1H3,(H,29,32)/t16-,17?/m0/s1. The summed E-state index contributed by atoms with van der Waals surface area (Å²) in [6.45, 7) is 2.67. The molecule has 1 aliphatic carbocycles. The molecule has 1 amide bonds. The molecule has 1 saturated carbocycles. The maximum absolute atomic E-state index is 14.3. The molecule has 8 nitrogen and oxygen atoms in total. The van der Waals surface area contributed by atoms with Gasteiger partial charge in [0.2, 0.25) is 5.91 Å². The molecule has 1 aromatic heterocycles. The van der Waals surface area contributed by atoms with Gasteiger partial charge in [-0.3, -0.25) is 4.79 Å². The fourth-order valence-electron chi connectivity index (χ4n) is 5.00. The third-order valence-corrected chi connectivity index (χ3v) is 7.81. The second-order valence-corrected chi connectivity index (χ2v) is 10.3. The van der Waals surface area contributed by atoms with Crippen LogP contribution in [0, 0.1) is 17.2 Å². The zero-order valence-corrected chi connectivity index (χ0v) is 21.1. The van der Waals surface area contributed by atoms with Crippen molar-refractivity contribution in [2.75, 3.05) is 48.9 Å². The van der Waals surface area contributed by atoms with Crippen molar-refractivity contribution in [2.24, 2.45) is 11.3 Å². The van der Waals surface area contributed by atoms with E-state index in [1.165, 1.54) is 13.2 Å². The average Bonchev–Trinajstić information content (AvgIpc) is 3.53. The molecule has 0 bridgehead atoms. The van der Waals surface area contributed by atoms with E-state index in [0.717, 1.165) is 32.3 Å². The van der Waals surface area contributed by atoms with Crippen molar-refractivity contribution in [1.82, 2.24) is 4.98 Å². The lowest BCUT2D eigenvalue weighted by Gasteiger charge is -2.33. The lowest BCUT2D eigenvalue weighted by molar-refractivity contribution is -0.118. The lowest BCUT2D eigenvalue weighted by atomic mass is 9.90. The highest BCUT2D eigenvalue weighted by Gasteiger charge is 2.58. The van der Waals surface area contributed by atoms with Crippen molar-refractivity contribution in [1.29, 1.82) is 0 Å². The minimum Gasteiger partial charge on any atom is -0.465 e. The Hall–Kier alpha value is -2.72. The van der Waals surface area contributed by atoms with Gasteiger partial charge >= 0.3 is 5.97 Å². The fraction of sp³-hybridized carbons (Fsp3) is 0.480. The van der Waals surface area contributed by atoms with Gasteiger partial charge in [0, 0.05) is 32.2 Å². The molecule has 3 heterocycles. The summed E-state index contributed by atoms with van der Waals surface area (Å²) in [5.74, 6) is -0.535. The molecule has 1 spiro atoms. The molecule has 2 atom stereocenters. The topological polar surface area (TPSA) is 92.8 Å². The molecule has 0 radical (unpaired) electrons. The first-order chi connectivity index (χ1) is 16.9. The number of methoxy groups -OCH3 is 1. The Morgan fingerprint density at radius 3 is 2.71 bits per heavy atom. The predicted octanol–water partition coefficient (Wildman–Crippen LogP) is 4.22. The molecule has 2 aliphatic heterocycles. The molecule has 1 aromatic carbocycles. The molecular formula is C25H28BrFN4O4. The summed E-state index contributed by atoms with van der Waals surface area (Å²) in [6.07, 6.45) is 3.54. The molecule has 3 aliphatic rings. The number of anilines is 3. The van der Waals surface area contributed by atoms with E-state index in [0.29, 0.717) is 47.0 Å². The highest BCUT2D eigenvalue weighted by atomic mass is 79.9. The van der Waals surface area contributed by atoms with Crippen molar-refractivity contribution in [3.63, 3.8) is 0 Å². The number of amides is 1. The number of halogens is 2. The van der Waals surface area contributed by atoms with Crippen LogP contribution in [0.25, 0.3) is 0 Å². The van der Waals surface area contributed by atoms with Crippen LogP contribution in [0.2, 0.25) is 0 Å². The summed E-state index contributed by atoms with van der Waals surface area (Å²) >= 11 is 3.31. The van der Waals surface area contributed by atoms with Crippen LogP contribution in [0.5, 0.6) is 0 Å². The number of pyridine rings is 1. The van der Waals surface area contributed by atoms with Gasteiger partial charge in [-0.1, -0.05) is 0 Å². The van der Waals surface area contributed by atoms with Gasteiger partial charge in [0.15, 0.2) is 11.6 Å². The molecule has 5 rings (SSSR count). The first-order valence-electron chi connectivity index (χ1n) is 11.8. The van der Waals surface area contributed by atoms with Gasteiger partial charge < -0.3 is 25.0 Å². The van der Waals surface area contributed by atoms with E-state index >= 15 is 0 Å². The number of nitrogens with zero attached hydrogens (tertiary/aromatic N) is 2. The Kier molecular flexibility index (Phi) is 6.67.